The average Bonchev–Trinajstić information content (AvgIpc) is 2.00. The SMILES string of the molecule is FC(F)c1cnc(Br)c(I)c1I. The zero-order valence-electron chi connectivity index (χ0n) is 5.49. The zero-order chi connectivity index (χ0) is 9.30. The van der Waals surface area contributed by atoms with E-state index in [2.05, 4.69) is 20.9 Å². The first kappa shape index (κ1) is 11.0. The van der Waals surface area contributed by atoms with Crippen molar-refractivity contribution in [1.82, 2.24) is 4.98 Å². The van der Waals surface area contributed by atoms with Crippen LogP contribution in [0.1, 0.15) is 12.0 Å². The molecule has 0 spiro atoms. The number of halogens is 5. The highest BCUT2D eigenvalue weighted by atomic mass is 127. The number of nitrogens with zero attached hydrogens (tertiary/aromatic N) is 1. The zero-order valence-corrected chi connectivity index (χ0v) is 11.4. The Bertz CT molecular complexity index is 306. The summed E-state index contributed by atoms with van der Waals surface area (Å²) >= 11 is 7.03. The van der Waals surface area contributed by atoms with E-state index >= 15 is 0 Å². The topological polar surface area (TPSA) is 12.9 Å². The van der Waals surface area contributed by atoms with Gasteiger partial charge in [-0.25, -0.2) is 13.8 Å². The van der Waals surface area contributed by atoms with Crippen molar-refractivity contribution in [3.63, 3.8) is 0 Å². The van der Waals surface area contributed by atoms with Gasteiger partial charge in [0, 0.05) is 9.77 Å². The van der Waals surface area contributed by atoms with Crippen LogP contribution in [-0.2, 0) is 0 Å². The van der Waals surface area contributed by atoms with Crippen LogP contribution in [0.2, 0.25) is 0 Å². The number of alkyl halides is 2. The van der Waals surface area contributed by atoms with E-state index in [4.69, 9.17) is 0 Å². The van der Waals surface area contributed by atoms with Crippen molar-refractivity contribution < 1.29 is 8.78 Å². The first-order valence-electron chi connectivity index (χ1n) is 2.81. The van der Waals surface area contributed by atoms with E-state index in [-0.39, 0.29) is 5.56 Å². The van der Waals surface area contributed by atoms with E-state index in [0.717, 1.165) is 3.57 Å². The lowest BCUT2D eigenvalue weighted by molar-refractivity contribution is 0.150. The molecule has 66 valence electrons. The monoisotopic (exact) mass is 459 g/mol. The maximum atomic E-state index is 12.3. The molecule has 0 atom stereocenters. The molecule has 0 unspecified atom stereocenters. The fraction of sp³-hybridized carbons (Fsp3) is 0.167. The van der Waals surface area contributed by atoms with Crippen LogP contribution in [0.3, 0.4) is 0 Å². The van der Waals surface area contributed by atoms with Crippen molar-refractivity contribution >= 4 is 61.1 Å². The Kier molecular flexibility index (Phi) is 4.09. The normalized spacial score (nSPS) is 10.8. The number of pyridine rings is 1. The van der Waals surface area contributed by atoms with Crippen LogP contribution in [0.15, 0.2) is 10.8 Å². The minimum Gasteiger partial charge on any atom is -0.248 e. The Morgan fingerprint density at radius 1 is 1.33 bits per heavy atom. The molecule has 0 bridgehead atoms. The molecule has 0 radical (unpaired) electrons. The largest absolute Gasteiger partial charge is 0.266 e. The summed E-state index contributed by atoms with van der Waals surface area (Å²) in [4.78, 5) is 3.79. The molecule has 1 aromatic heterocycles. The van der Waals surface area contributed by atoms with Crippen LogP contribution in [0.25, 0.3) is 0 Å². The van der Waals surface area contributed by atoms with Gasteiger partial charge >= 0.3 is 0 Å². The highest BCUT2D eigenvalue weighted by Crippen LogP contribution is 2.30. The van der Waals surface area contributed by atoms with Crippen molar-refractivity contribution in [3.05, 3.63) is 23.5 Å². The summed E-state index contributed by atoms with van der Waals surface area (Å²) in [5, 5.41) is 0. The standard InChI is InChI=1S/C6H2BrF2I2N/c7-5-4(11)3(10)2(1-12-5)6(8)9/h1,6H. The van der Waals surface area contributed by atoms with Crippen molar-refractivity contribution in [2.75, 3.05) is 0 Å². The predicted molar refractivity (Wildman–Crippen MR) is 62.3 cm³/mol. The van der Waals surface area contributed by atoms with Crippen LogP contribution in [0, 0.1) is 7.14 Å². The summed E-state index contributed by atoms with van der Waals surface area (Å²) in [6, 6.07) is 0. The minimum atomic E-state index is -2.45. The van der Waals surface area contributed by atoms with Gasteiger partial charge in [-0.2, -0.15) is 0 Å². The average molecular weight is 460 g/mol. The Morgan fingerprint density at radius 3 is 2.42 bits per heavy atom. The second-order valence-corrected chi connectivity index (χ2v) is 4.84. The Hall–Kier alpha value is 0.950. The van der Waals surface area contributed by atoms with Gasteiger partial charge in [0.15, 0.2) is 0 Å². The van der Waals surface area contributed by atoms with Gasteiger partial charge in [0.05, 0.1) is 9.13 Å². The van der Waals surface area contributed by atoms with Gasteiger partial charge in [-0.3, -0.25) is 0 Å². The molecule has 0 N–H and O–H groups in total. The van der Waals surface area contributed by atoms with Gasteiger partial charge in [-0.15, -0.1) is 0 Å². The van der Waals surface area contributed by atoms with E-state index in [9.17, 15) is 8.78 Å². The lowest BCUT2D eigenvalue weighted by Crippen LogP contribution is -1.95. The summed E-state index contributed by atoms with van der Waals surface area (Å²) < 4.78 is 26.4. The molecule has 0 aliphatic heterocycles. The van der Waals surface area contributed by atoms with Gasteiger partial charge < -0.3 is 0 Å². The maximum Gasteiger partial charge on any atom is 0.266 e. The van der Waals surface area contributed by atoms with Crippen LogP contribution >= 0.6 is 61.1 Å². The Balaban J connectivity index is 3.27. The number of hydrogen-bond acceptors (Lipinski definition) is 1. The van der Waals surface area contributed by atoms with E-state index in [1.54, 1.807) is 0 Å². The second-order valence-electron chi connectivity index (χ2n) is 1.93. The Labute approximate surface area is 104 Å². The summed E-state index contributed by atoms with van der Waals surface area (Å²) in [5.41, 5.74) is -0.0109. The molecule has 0 aliphatic rings. The molecular formula is C6H2BrF2I2N. The molecule has 0 saturated heterocycles. The second kappa shape index (κ2) is 4.45. The molecule has 1 nitrogen and oxygen atoms in total. The number of aromatic nitrogens is 1. The van der Waals surface area contributed by atoms with Crippen molar-refractivity contribution in [1.29, 1.82) is 0 Å². The molecule has 6 heteroatoms. The molecule has 1 aromatic rings. The van der Waals surface area contributed by atoms with Crippen LogP contribution in [-0.4, -0.2) is 4.98 Å². The van der Waals surface area contributed by atoms with E-state index in [1.807, 2.05) is 45.2 Å². The molecule has 12 heavy (non-hydrogen) atoms. The van der Waals surface area contributed by atoms with Crippen LogP contribution < -0.4 is 0 Å². The van der Waals surface area contributed by atoms with E-state index in [0.29, 0.717) is 8.17 Å². The molecule has 0 amide bonds. The van der Waals surface area contributed by atoms with E-state index < -0.39 is 6.43 Å². The molecular weight excluding hydrogens is 458 g/mol. The molecule has 0 fully saturated rings. The molecule has 0 aliphatic carbocycles. The van der Waals surface area contributed by atoms with Crippen molar-refractivity contribution in [3.8, 4) is 0 Å². The smallest absolute Gasteiger partial charge is 0.248 e. The lowest BCUT2D eigenvalue weighted by Gasteiger charge is -2.05. The first-order chi connectivity index (χ1) is 5.54. The maximum absolute atomic E-state index is 12.3. The third-order valence-electron chi connectivity index (χ3n) is 1.18. The fourth-order valence-corrected chi connectivity index (χ4v) is 2.36. The fourth-order valence-electron chi connectivity index (χ4n) is 0.609. The van der Waals surface area contributed by atoms with Gasteiger partial charge in [0.2, 0.25) is 0 Å². The first-order valence-corrected chi connectivity index (χ1v) is 5.76. The lowest BCUT2D eigenvalue weighted by atomic mass is 10.3. The van der Waals surface area contributed by atoms with Crippen molar-refractivity contribution in [2.45, 2.75) is 6.43 Å². The number of hydrogen-bond donors (Lipinski definition) is 0. The van der Waals surface area contributed by atoms with Gasteiger partial charge in [-0.1, -0.05) is 0 Å². The van der Waals surface area contributed by atoms with Gasteiger partial charge in [0.25, 0.3) is 6.43 Å². The third-order valence-corrected chi connectivity index (χ3v) is 5.77. The highest BCUT2D eigenvalue weighted by Gasteiger charge is 2.15. The molecule has 1 rings (SSSR count). The summed E-state index contributed by atoms with van der Waals surface area (Å²) in [6.07, 6.45) is -1.26. The highest BCUT2D eigenvalue weighted by molar-refractivity contribution is 14.1. The molecule has 0 saturated carbocycles. The summed E-state index contributed by atoms with van der Waals surface area (Å²) in [5.74, 6) is 0. The van der Waals surface area contributed by atoms with E-state index in [1.165, 1.54) is 6.20 Å². The third kappa shape index (κ3) is 2.25. The molecule has 1 heterocycles. The summed E-state index contributed by atoms with van der Waals surface area (Å²) in [6.45, 7) is 0. The summed E-state index contributed by atoms with van der Waals surface area (Å²) in [7, 11) is 0. The van der Waals surface area contributed by atoms with Crippen molar-refractivity contribution in [2.24, 2.45) is 0 Å². The van der Waals surface area contributed by atoms with Crippen LogP contribution in [0.5, 0.6) is 0 Å². The van der Waals surface area contributed by atoms with Gasteiger partial charge in [0.1, 0.15) is 4.60 Å². The molecule has 0 aromatic carbocycles. The quantitative estimate of drug-likeness (QED) is 0.457. The minimum absolute atomic E-state index is 0.0109. The predicted octanol–water partition coefficient (Wildman–Crippen LogP) is 3.99. The Morgan fingerprint density at radius 2 is 1.92 bits per heavy atom. The number of rotatable bonds is 1. The van der Waals surface area contributed by atoms with Gasteiger partial charge in [-0.05, 0) is 61.1 Å². The van der Waals surface area contributed by atoms with Crippen LogP contribution in [0.4, 0.5) is 8.78 Å².